The molecule has 0 amide bonds. The summed E-state index contributed by atoms with van der Waals surface area (Å²) in [6, 6.07) is 14.4. The Morgan fingerprint density at radius 1 is 0.760 bits per heavy atom. The molecule has 0 saturated carbocycles. The number of carboxylic acids is 2. The number of rotatable bonds is 6. The van der Waals surface area contributed by atoms with E-state index < -0.39 is 25.2 Å². The van der Waals surface area contributed by atoms with Gasteiger partial charge in [0.2, 0.25) is 0 Å². The predicted molar refractivity (Wildman–Crippen MR) is 83.4 cm³/mol. The molecule has 7 heteroatoms. The normalized spacial score (nSPS) is 9.04. The fourth-order valence-corrected chi connectivity index (χ4v) is 1.71. The van der Waals surface area contributed by atoms with Crippen LogP contribution in [0.15, 0.2) is 48.5 Å². The van der Waals surface area contributed by atoms with Gasteiger partial charge in [-0.2, -0.15) is 0 Å². The fraction of sp³-hybridized carbons (Fsp3) is 0.222. The number of carbonyl (C=O) groups excluding carboxylic acids is 2. The number of carboxylic acid groups (broad SMARTS) is 2. The second kappa shape index (κ2) is 12.0. The standard InChI is InChI=1S/2C9H10O3.Zn/c2*1-7-4-2-3-5-8(7)12-6-9(10)11;/h2*2-5H,6H2,1H3,(H,10,11);/q;;+2/p-2. The topological polar surface area (TPSA) is 98.7 Å². The van der Waals surface area contributed by atoms with Crippen LogP contribution in [0, 0.1) is 13.8 Å². The Hall–Kier alpha value is -2.40. The summed E-state index contributed by atoms with van der Waals surface area (Å²) < 4.78 is 9.87. The molecule has 0 saturated heterocycles. The number of benzene rings is 2. The van der Waals surface area contributed by atoms with Crippen LogP contribution < -0.4 is 19.7 Å². The van der Waals surface area contributed by atoms with Gasteiger partial charge in [0.25, 0.3) is 0 Å². The van der Waals surface area contributed by atoms with Gasteiger partial charge >= 0.3 is 19.5 Å². The zero-order valence-electron chi connectivity index (χ0n) is 14.2. The van der Waals surface area contributed by atoms with Crippen molar-refractivity contribution in [2.75, 3.05) is 13.2 Å². The van der Waals surface area contributed by atoms with E-state index in [-0.39, 0.29) is 19.5 Å². The number of ether oxygens (including phenoxy) is 2. The number of hydrogen-bond acceptors (Lipinski definition) is 6. The third kappa shape index (κ3) is 9.47. The molecule has 0 heterocycles. The summed E-state index contributed by atoms with van der Waals surface area (Å²) in [4.78, 5) is 20.1. The molecule has 0 atom stereocenters. The average Bonchev–Trinajstić information content (AvgIpc) is 2.54. The first-order valence-corrected chi connectivity index (χ1v) is 7.16. The van der Waals surface area contributed by atoms with Gasteiger partial charge in [-0.25, -0.2) is 0 Å². The van der Waals surface area contributed by atoms with E-state index in [2.05, 4.69) is 0 Å². The maximum absolute atomic E-state index is 10.0. The molecule has 25 heavy (non-hydrogen) atoms. The molecule has 0 spiro atoms. The summed E-state index contributed by atoms with van der Waals surface area (Å²) in [5.41, 5.74) is 1.83. The van der Waals surface area contributed by atoms with Crippen LogP contribution in [0.4, 0.5) is 0 Å². The Balaban J connectivity index is 0.000000443. The summed E-state index contributed by atoms with van der Waals surface area (Å²) >= 11 is 0. The van der Waals surface area contributed by atoms with E-state index in [4.69, 9.17) is 9.47 Å². The minimum absolute atomic E-state index is 0. The summed E-state index contributed by atoms with van der Waals surface area (Å²) in [5, 5.41) is 20.1. The Bertz CT molecular complexity index is 627. The molecular formula is C18H18O6Zn. The van der Waals surface area contributed by atoms with E-state index in [0.717, 1.165) is 11.1 Å². The first-order chi connectivity index (χ1) is 11.4. The molecule has 0 N–H and O–H groups in total. The summed E-state index contributed by atoms with van der Waals surface area (Å²) in [5.74, 6) is -1.25. The monoisotopic (exact) mass is 394 g/mol. The third-order valence-corrected chi connectivity index (χ3v) is 2.88. The Morgan fingerprint density at radius 3 is 1.36 bits per heavy atom. The van der Waals surface area contributed by atoms with E-state index in [1.54, 1.807) is 24.3 Å². The van der Waals surface area contributed by atoms with Crippen molar-refractivity contribution in [3.05, 3.63) is 59.7 Å². The number of hydrogen-bond donors (Lipinski definition) is 0. The van der Waals surface area contributed by atoms with Crippen LogP contribution in [0.2, 0.25) is 0 Å². The van der Waals surface area contributed by atoms with Gasteiger partial charge in [0.05, 0.1) is 11.9 Å². The van der Waals surface area contributed by atoms with Crippen molar-refractivity contribution in [3.8, 4) is 11.5 Å². The molecule has 128 valence electrons. The molecule has 0 unspecified atom stereocenters. The van der Waals surface area contributed by atoms with Crippen LogP contribution in [0.5, 0.6) is 11.5 Å². The van der Waals surface area contributed by atoms with Crippen molar-refractivity contribution in [1.82, 2.24) is 0 Å². The number of aliphatic carboxylic acids is 2. The van der Waals surface area contributed by atoms with Gasteiger partial charge in [0, 0.05) is 0 Å². The molecule has 0 fully saturated rings. The van der Waals surface area contributed by atoms with Crippen molar-refractivity contribution in [2.24, 2.45) is 0 Å². The molecule has 0 aliphatic heterocycles. The van der Waals surface area contributed by atoms with E-state index >= 15 is 0 Å². The molecule has 0 aliphatic rings. The molecule has 0 bridgehead atoms. The molecule has 0 aromatic heterocycles. The van der Waals surface area contributed by atoms with Gasteiger partial charge in [-0.05, 0) is 37.1 Å². The Morgan fingerprint density at radius 2 is 1.08 bits per heavy atom. The maximum atomic E-state index is 10.0. The van der Waals surface area contributed by atoms with Crippen molar-refractivity contribution < 1.29 is 48.8 Å². The van der Waals surface area contributed by atoms with Crippen LogP contribution in [0.1, 0.15) is 11.1 Å². The minimum atomic E-state index is -1.21. The fourth-order valence-electron chi connectivity index (χ4n) is 1.71. The molecule has 0 aliphatic carbocycles. The van der Waals surface area contributed by atoms with Gasteiger partial charge in [0.1, 0.15) is 24.7 Å². The zero-order valence-corrected chi connectivity index (χ0v) is 17.2. The van der Waals surface area contributed by atoms with E-state index in [1.807, 2.05) is 38.1 Å². The van der Waals surface area contributed by atoms with Gasteiger partial charge in [0.15, 0.2) is 0 Å². The van der Waals surface area contributed by atoms with E-state index in [1.165, 1.54) is 0 Å². The smallest absolute Gasteiger partial charge is 0.546 e. The van der Waals surface area contributed by atoms with Crippen LogP contribution in [0.25, 0.3) is 0 Å². The molecule has 2 rings (SSSR count). The largest absolute Gasteiger partial charge is 2.00 e. The summed E-state index contributed by atoms with van der Waals surface area (Å²) in [7, 11) is 0. The quantitative estimate of drug-likeness (QED) is 0.650. The summed E-state index contributed by atoms with van der Waals surface area (Å²) in [6.45, 7) is 2.91. The molecular weight excluding hydrogens is 378 g/mol. The van der Waals surface area contributed by atoms with Crippen molar-refractivity contribution in [3.63, 3.8) is 0 Å². The maximum Gasteiger partial charge on any atom is 2.00 e. The van der Waals surface area contributed by atoms with Crippen LogP contribution in [-0.4, -0.2) is 25.2 Å². The Kier molecular flexibility index (Phi) is 10.9. The molecule has 0 radical (unpaired) electrons. The second-order valence-corrected chi connectivity index (χ2v) is 4.85. The molecule has 6 nitrogen and oxygen atoms in total. The average molecular weight is 396 g/mol. The summed E-state index contributed by atoms with van der Waals surface area (Å²) in [6.07, 6.45) is 0. The molecule has 2 aromatic rings. The van der Waals surface area contributed by atoms with Gasteiger partial charge in [-0.3, -0.25) is 0 Å². The predicted octanol–water partition coefficient (Wildman–Crippen LogP) is 0.245. The van der Waals surface area contributed by atoms with Crippen molar-refractivity contribution in [1.29, 1.82) is 0 Å². The van der Waals surface area contributed by atoms with Gasteiger partial charge in [-0.15, -0.1) is 0 Å². The van der Waals surface area contributed by atoms with Crippen LogP contribution in [0.3, 0.4) is 0 Å². The first-order valence-electron chi connectivity index (χ1n) is 7.16. The van der Waals surface area contributed by atoms with Gasteiger partial charge < -0.3 is 29.3 Å². The third-order valence-electron chi connectivity index (χ3n) is 2.88. The van der Waals surface area contributed by atoms with Crippen LogP contribution >= 0.6 is 0 Å². The Labute approximate surface area is 159 Å². The van der Waals surface area contributed by atoms with E-state index in [0.29, 0.717) is 11.5 Å². The molecule has 2 aromatic carbocycles. The van der Waals surface area contributed by atoms with Crippen LogP contribution in [-0.2, 0) is 29.1 Å². The second-order valence-electron chi connectivity index (χ2n) is 4.85. The van der Waals surface area contributed by atoms with Crippen molar-refractivity contribution >= 4 is 11.9 Å². The van der Waals surface area contributed by atoms with Gasteiger partial charge in [-0.1, -0.05) is 36.4 Å². The number of para-hydroxylation sites is 2. The number of carbonyl (C=O) groups is 2. The van der Waals surface area contributed by atoms with Crippen molar-refractivity contribution in [2.45, 2.75) is 13.8 Å². The zero-order chi connectivity index (χ0) is 17.9. The minimum Gasteiger partial charge on any atom is -0.546 e. The SMILES string of the molecule is Cc1ccccc1OCC(=O)[O-].Cc1ccccc1OCC(=O)[O-].[Zn+2]. The number of aryl methyl sites for hydroxylation is 2. The first kappa shape index (κ1) is 22.6. The van der Waals surface area contributed by atoms with E-state index in [9.17, 15) is 19.8 Å².